The molecule has 1 aromatic heterocycles. The van der Waals surface area contributed by atoms with Crippen molar-refractivity contribution in [3.8, 4) is 0 Å². The Kier molecular flexibility index (Phi) is 5.40. The minimum Gasteiger partial charge on any atom is -0.312 e. The maximum absolute atomic E-state index is 12.5. The topological polar surface area (TPSA) is 75.2 Å². The number of aryl methyl sites for hydroxylation is 1. The average molecular weight is 504 g/mol. The third-order valence-corrected chi connectivity index (χ3v) is 6.54. The maximum Gasteiger partial charge on any atom is 0.258 e. The van der Waals surface area contributed by atoms with Crippen LogP contribution in [0.15, 0.2) is 48.5 Å². The van der Waals surface area contributed by atoms with Gasteiger partial charge in [-0.15, -0.1) is 10.2 Å². The molecule has 2 aromatic carbocycles. The predicted octanol–water partition coefficient (Wildman–Crippen LogP) is 4.22. The molecule has 1 fully saturated rings. The van der Waals surface area contributed by atoms with Gasteiger partial charge in [-0.1, -0.05) is 41.2 Å². The number of carbonyl (C=O) groups is 2. The average Bonchev–Trinajstić information content (AvgIpc) is 3.29. The van der Waals surface area contributed by atoms with Gasteiger partial charge in [0.25, 0.3) is 5.91 Å². The Balaban J connectivity index is 1.46. The molecule has 6 nitrogen and oxygen atoms in total. The minimum atomic E-state index is -0.212. The number of nitrogens with one attached hydrogen (secondary N) is 1. The molecule has 8 heteroatoms. The molecule has 3 aromatic rings. The van der Waals surface area contributed by atoms with Gasteiger partial charge in [-0.2, -0.15) is 0 Å². The molecule has 2 amide bonds. The lowest BCUT2D eigenvalue weighted by Gasteiger charge is -2.16. The molecule has 0 saturated carbocycles. The van der Waals surface area contributed by atoms with Crippen LogP contribution in [0.4, 0.5) is 10.8 Å². The standard InChI is InChI=1S/C20H17IN4O2S/c1-12-6-8-14(9-7-12)25-11-13(10-17(25)26)19-23-24-20(28-19)22-18(27)15-4-2-3-5-16(15)21/h2-9,13H,10-11H2,1H3,(H,22,24,27). The summed E-state index contributed by atoms with van der Waals surface area (Å²) in [6.07, 6.45) is 0.396. The quantitative estimate of drug-likeness (QED) is 0.540. The molecule has 4 rings (SSSR count). The van der Waals surface area contributed by atoms with Crippen LogP contribution in [0.5, 0.6) is 0 Å². The van der Waals surface area contributed by atoms with E-state index in [4.69, 9.17) is 0 Å². The van der Waals surface area contributed by atoms with Crippen molar-refractivity contribution in [2.24, 2.45) is 0 Å². The number of benzene rings is 2. The highest BCUT2D eigenvalue weighted by atomic mass is 127. The van der Waals surface area contributed by atoms with E-state index in [1.165, 1.54) is 11.3 Å². The van der Waals surface area contributed by atoms with E-state index in [-0.39, 0.29) is 17.7 Å². The second-order valence-corrected chi connectivity index (χ2v) is 8.79. The first-order valence-electron chi connectivity index (χ1n) is 8.77. The first-order chi connectivity index (χ1) is 13.5. The zero-order chi connectivity index (χ0) is 19.7. The molecule has 1 atom stereocenters. The SMILES string of the molecule is Cc1ccc(N2CC(c3nnc(NC(=O)c4ccccc4I)s3)CC2=O)cc1. The Hall–Kier alpha value is -2.33. The molecule has 1 aliphatic heterocycles. The lowest BCUT2D eigenvalue weighted by Crippen LogP contribution is -2.24. The third kappa shape index (κ3) is 3.93. The Morgan fingerprint density at radius 2 is 1.93 bits per heavy atom. The van der Waals surface area contributed by atoms with E-state index in [1.54, 1.807) is 11.0 Å². The van der Waals surface area contributed by atoms with Gasteiger partial charge in [0.1, 0.15) is 5.01 Å². The molecule has 1 unspecified atom stereocenters. The van der Waals surface area contributed by atoms with Gasteiger partial charge in [-0.05, 0) is 53.8 Å². The maximum atomic E-state index is 12.5. The summed E-state index contributed by atoms with van der Waals surface area (Å²) in [5.74, 6) is -0.154. The summed E-state index contributed by atoms with van der Waals surface area (Å²) in [6, 6.07) is 15.3. The molecule has 2 heterocycles. The van der Waals surface area contributed by atoms with Gasteiger partial charge in [0, 0.05) is 28.1 Å². The summed E-state index contributed by atoms with van der Waals surface area (Å²) < 4.78 is 0.873. The van der Waals surface area contributed by atoms with E-state index < -0.39 is 0 Å². The van der Waals surface area contributed by atoms with E-state index in [0.29, 0.717) is 23.7 Å². The summed E-state index contributed by atoms with van der Waals surface area (Å²) in [5.41, 5.74) is 2.65. The van der Waals surface area contributed by atoms with Crippen LogP contribution in [0, 0.1) is 10.5 Å². The molecule has 1 saturated heterocycles. The van der Waals surface area contributed by atoms with Gasteiger partial charge >= 0.3 is 0 Å². The Morgan fingerprint density at radius 3 is 2.68 bits per heavy atom. The van der Waals surface area contributed by atoms with Gasteiger partial charge in [-0.3, -0.25) is 14.9 Å². The number of nitrogens with zero attached hydrogens (tertiary/aromatic N) is 3. The Labute approximate surface area is 180 Å². The molecule has 1 N–H and O–H groups in total. The monoisotopic (exact) mass is 504 g/mol. The van der Waals surface area contributed by atoms with Crippen LogP contribution in [-0.4, -0.2) is 28.6 Å². The summed E-state index contributed by atoms with van der Waals surface area (Å²) in [5, 5.41) is 12.3. The smallest absolute Gasteiger partial charge is 0.258 e. The van der Waals surface area contributed by atoms with Gasteiger partial charge in [0.2, 0.25) is 11.0 Å². The van der Waals surface area contributed by atoms with Crippen LogP contribution < -0.4 is 10.2 Å². The molecule has 1 aliphatic rings. The van der Waals surface area contributed by atoms with Crippen LogP contribution >= 0.6 is 33.9 Å². The fourth-order valence-corrected chi connectivity index (χ4v) is 4.57. The van der Waals surface area contributed by atoms with Gasteiger partial charge < -0.3 is 4.90 Å². The van der Waals surface area contributed by atoms with Gasteiger partial charge in [-0.25, -0.2) is 0 Å². The number of amides is 2. The largest absolute Gasteiger partial charge is 0.312 e. The van der Waals surface area contributed by atoms with E-state index >= 15 is 0 Å². The zero-order valence-corrected chi connectivity index (χ0v) is 18.0. The van der Waals surface area contributed by atoms with Crippen molar-refractivity contribution < 1.29 is 9.59 Å². The van der Waals surface area contributed by atoms with E-state index in [1.807, 2.05) is 49.4 Å². The summed E-state index contributed by atoms with van der Waals surface area (Å²) in [7, 11) is 0. The van der Waals surface area contributed by atoms with Crippen LogP contribution in [0.3, 0.4) is 0 Å². The number of rotatable bonds is 4. The zero-order valence-electron chi connectivity index (χ0n) is 15.1. The highest BCUT2D eigenvalue weighted by Gasteiger charge is 2.34. The second-order valence-electron chi connectivity index (χ2n) is 6.62. The lowest BCUT2D eigenvalue weighted by atomic mass is 10.1. The third-order valence-electron chi connectivity index (χ3n) is 4.60. The predicted molar refractivity (Wildman–Crippen MR) is 118 cm³/mol. The van der Waals surface area contributed by atoms with Crippen molar-refractivity contribution in [2.45, 2.75) is 19.3 Å². The number of carbonyl (C=O) groups excluding carboxylic acids is 2. The van der Waals surface area contributed by atoms with Crippen molar-refractivity contribution in [2.75, 3.05) is 16.8 Å². The summed E-state index contributed by atoms with van der Waals surface area (Å²) in [4.78, 5) is 26.7. The molecule has 0 radical (unpaired) electrons. The Bertz CT molecular complexity index is 1030. The van der Waals surface area contributed by atoms with Crippen molar-refractivity contribution in [3.63, 3.8) is 0 Å². The Morgan fingerprint density at radius 1 is 1.18 bits per heavy atom. The molecule has 0 bridgehead atoms. The van der Waals surface area contributed by atoms with E-state index in [2.05, 4.69) is 38.1 Å². The van der Waals surface area contributed by atoms with E-state index in [0.717, 1.165) is 19.8 Å². The number of anilines is 2. The number of halogens is 1. The summed E-state index contributed by atoms with van der Waals surface area (Å²) in [6.45, 7) is 2.59. The normalized spacial score (nSPS) is 16.4. The van der Waals surface area contributed by atoms with Crippen LogP contribution in [0.1, 0.15) is 33.3 Å². The van der Waals surface area contributed by atoms with E-state index in [9.17, 15) is 9.59 Å². The van der Waals surface area contributed by atoms with Crippen molar-refractivity contribution in [1.29, 1.82) is 0 Å². The summed E-state index contributed by atoms with van der Waals surface area (Å²) >= 11 is 3.46. The molecule has 0 spiro atoms. The number of hydrogen-bond donors (Lipinski definition) is 1. The van der Waals surface area contributed by atoms with Gasteiger partial charge in [0.15, 0.2) is 0 Å². The fraction of sp³-hybridized carbons (Fsp3) is 0.200. The van der Waals surface area contributed by atoms with Crippen LogP contribution in [0.25, 0.3) is 0 Å². The van der Waals surface area contributed by atoms with Gasteiger partial charge in [0.05, 0.1) is 5.56 Å². The van der Waals surface area contributed by atoms with Crippen molar-refractivity contribution in [3.05, 3.63) is 68.2 Å². The molecule has 28 heavy (non-hydrogen) atoms. The van der Waals surface area contributed by atoms with Crippen LogP contribution in [0.2, 0.25) is 0 Å². The number of hydrogen-bond acceptors (Lipinski definition) is 5. The molecule has 142 valence electrons. The molecular weight excluding hydrogens is 487 g/mol. The molecule has 0 aliphatic carbocycles. The van der Waals surface area contributed by atoms with Crippen molar-refractivity contribution in [1.82, 2.24) is 10.2 Å². The lowest BCUT2D eigenvalue weighted by molar-refractivity contribution is -0.117. The van der Waals surface area contributed by atoms with Crippen LogP contribution in [-0.2, 0) is 4.79 Å². The highest BCUT2D eigenvalue weighted by Crippen LogP contribution is 2.34. The minimum absolute atomic E-state index is 0.0196. The number of aromatic nitrogens is 2. The van der Waals surface area contributed by atoms with Crippen molar-refractivity contribution >= 4 is 56.6 Å². The fourth-order valence-electron chi connectivity index (χ4n) is 3.11. The first kappa shape index (κ1) is 19.0. The first-order valence-corrected chi connectivity index (χ1v) is 10.7. The second kappa shape index (κ2) is 7.96. The highest BCUT2D eigenvalue weighted by molar-refractivity contribution is 14.1. The molecular formula is C20H17IN4O2S.